The molecule has 5 aromatic rings. The summed E-state index contributed by atoms with van der Waals surface area (Å²) >= 11 is 0. The first-order chi connectivity index (χ1) is 25.7. The largest absolute Gasteiger partial charge is 0.309 e. The van der Waals surface area contributed by atoms with Crippen molar-refractivity contribution in [3.63, 3.8) is 0 Å². The maximum atomic E-state index is 4.43. The zero-order valence-corrected chi connectivity index (χ0v) is 32.4. The van der Waals surface area contributed by atoms with Crippen LogP contribution < -0.4 is 0 Å². The van der Waals surface area contributed by atoms with E-state index in [9.17, 15) is 0 Å². The second-order valence-corrected chi connectivity index (χ2v) is 14.6. The van der Waals surface area contributed by atoms with Gasteiger partial charge in [-0.1, -0.05) is 121 Å². The van der Waals surface area contributed by atoms with E-state index in [4.69, 9.17) is 0 Å². The van der Waals surface area contributed by atoms with E-state index in [0.29, 0.717) is 5.92 Å². The number of allylic oxidation sites excluding steroid dienone is 16. The van der Waals surface area contributed by atoms with Gasteiger partial charge in [-0.05, 0) is 146 Å². The number of hydrogen-bond acceptors (Lipinski definition) is 0. The van der Waals surface area contributed by atoms with Gasteiger partial charge < -0.3 is 4.57 Å². The van der Waals surface area contributed by atoms with Gasteiger partial charge in [0.25, 0.3) is 0 Å². The van der Waals surface area contributed by atoms with Gasteiger partial charge in [0.05, 0.1) is 16.4 Å². The van der Waals surface area contributed by atoms with Gasteiger partial charge in [0.1, 0.15) is 0 Å². The summed E-state index contributed by atoms with van der Waals surface area (Å²) in [4.78, 5) is 0. The Hall–Kier alpha value is -5.66. The van der Waals surface area contributed by atoms with Gasteiger partial charge in [0.2, 0.25) is 0 Å². The zero-order valence-electron chi connectivity index (χ0n) is 32.4. The Morgan fingerprint density at radius 2 is 1.49 bits per heavy atom. The molecule has 0 radical (unpaired) electrons. The number of rotatable bonds is 5. The minimum Gasteiger partial charge on any atom is -0.309 e. The van der Waals surface area contributed by atoms with E-state index in [2.05, 4.69) is 192 Å². The average Bonchev–Trinajstić information content (AvgIpc) is 3.75. The summed E-state index contributed by atoms with van der Waals surface area (Å²) in [5.41, 5.74) is 18.8. The Bertz CT molecular complexity index is 2520. The quantitative estimate of drug-likeness (QED) is 0.162. The van der Waals surface area contributed by atoms with Crippen molar-refractivity contribution < 1.29 is 0 Å². The minimum absolute atomic E-state index is 0.359. The Morgan fingerprint density at radius 3 is 2.21 bits per heavy atom. The van der Waals surface area contributed by atoms with E-state index >= 15 is 0 Å². The Labute approximate surface area is 316 Å². The van der Waals surface area contributed by atoms with Crippen LogP contribution in [0.4, 0.5) is 0 Å². The first-order valence-corrected chi connectivity index (χ1v) is 19.0. The smallest absolute Gasteiger partial charge is 0.0722 e. The third-order valence-electron chi connectivity index (χ3n) is 11.1. The van der Waals surface area contributed by atoms with Gasteiger partial charge >= 0.3 is 0 Å². The second-order valence-electron chi connectivity index (χ2n) is 14.6. The maximum Gasteiger partial charge on any atom is 0.0722 e. The molecule has 1 nitrogen and oxygen atoms in total. The van der Waals surface area contributed by atoms with E-state index in [0.717, 1.165) is 6.42 Å². The molecule has 0 aliphatic heterocycles. The molecule has 4 aromatic carbocycles. The third-order valence-corrected chi connectivity index (χ3v) is 11.1. The molecule has 1 aromatic heterocycles. The van der Waals surface area contributed by atoms with Crippen LogP contribution in [0.3, 0.4) is 0 Å². The average molecular weight is 690 g/mol. The maximum absolute atomic E-state index is 4.43. The van der Waals surface area contributed by atoms with Crippen molar-refractivity contribution >= 4 is 33.0 Å². The van der Waals surface area contributed by atoms with Gasteiger partial charge in [-0.15, -0.1) is 6.58 Å². The summed E-state index contributed by atoms with van der Waals surface area (Å²) in [5, 5.41) is 2.58. The molecule has 8 rings (SSSR count). The molecule has 0 saturated carbocycles. The lowest BCUT2D eigenvalue weighted by Gasteiger charge is -2.32. The molecule has 0 saturated heterocycles. The molecule has 2 unspecified atom stereocenters. The lowest BCUT2D eigenvalue weighted by Crippen LogP contribution is -2.27. The van der Waals surface area contributed by atoms with E-state index in [1.807, 2.05) is 13.8 Å². The van der Waals surface area contributed by atoms with Crippen LogP contribution in [0, 0.1) is 0 Å². The van der Waals surface area contributed by atoms with Crippen LogP contribution in [0.25, 0.3) is 38.6 Å². The number of fused-ring (bicyclic) bond motifs is 7. The number of aromatic nitrogens is 1. The highest BCUT2D eigenvalue weighted by atomic mass is 15.0. The first-order valence-electron chi connectivity index (χ1n) is 19.0. The minimum atomic E-state index is -0.440. The van der Waals surface area contributed by atoms with Gasteiger partial charge in [0, 0.05) is 22.4 Å². The molecule has 1 spiro atoms. The van der Waals surface area contributed by atoms with Crippen LogP contribution in [0.5, 0.6) is 0 Å². The highest BCUT2D eigenvalue weighted by Crippen LogP contribution is 2.63. The van der Waals surface area contributed by atoms with Crippen LogP contribution in [-0.2, 0) is 5.41 Å². The zero-order chi connectivity index (χ0) is 37.4. The molecule has 1 heterocycles. The molecular weight excluding hydrogens is 639 g/mol. The standard InChI is InChI=1S/C48H43N.C4H8/c1-7-16-32-28-33(23-22-31(32)6)34-24-27-47-41(29-34)40-19-13-15-21-46(40)49(47)35-25-26-39-37(17-8-2)43(11-5)48(45(39)30-35)42(10-4)36(9-3)38-18-12-14-20-44(38)48;1-4(2)3/h7-22,24-30,33H,5,23H2,1-4,6H3;1H2,2-3H3/b16-7-,17-8-,36-9-,42-10+;. The van der Waals surface area contributed by atoms with Crippen molar-refractivity contribution in [1.29, 1.82) is 0 Å². The Morgan fingerprint density at radius 1 is 0.774 bits per heavy atom. The second kappa shape index (κ2) is 14.4. The number of hydrogen-bond donors (Lipinski definition) is 0. The summed E-state index contributed by atoms with van der Waals surface area (Å²) in [6, 6.07) is 32.1. The van der Waals surface area contributed by atoms with Crippen LogP contribution in [0.15, 0.2) is 181 Å². The molecule has 53 heavy (non-hydrogen) atoms. The SMILES string of the molecule is C=C(C)C.C=CC1=C(/C=C\C)c2ccc(-n3c4ccccc4c4cc(C5C=C(/C=C\C)C(C)=CC5)ccc43)cc2C12C(=C/C)/C(=C\C)c1ccccc12. The normalized spacial score (nSPS) is 20.8. The number of nitrogens with zero attached hydrogens (tertiary/aromatic N) is 1. The number of benzene rings is 4. The van der Waals surface area contributed by atoms with Gasteiger partial charge in [0.15, 0.2) is 0 Å². The molecule has 3 aliphatic carbocycles. The molecule has 3 aliphatic rings. The highest BCUT2D eigenvalue weighted by molar-refractivity contribution is 6.10. The number of para-hydroxylation sites is 1. The van der Waals surface area contributed by atoms with Gasteiger partial charge in [-0.25, -0.2) is 0 Å². The van der Waals surface area contributed by atoms with Gasteiger partial charge in [-0.2, -0.15) is 0 Å². The molecule has 264 valence electrons. The molecular formula is C52H51N. The van der Waals surface area contributed by atoms with Crippen LogP contribution in [-0.4, -0.2) is 4.57 Å². The Balaban J connectivity index is 0.00000104. The monoisotopic (exact) mass is 689 g/mol. The summed E-state index contributed by atoms with van der Waals surface area (Å²) in [6.45, 7) is 22.7. The highest BCUT2D eigenvalue weighted by Gasteiger charge is 2.53. The summed E-state index contributed by atoms with van der Waals surface area (Å²) < 4.78 is 2.47. The van der Waals surface area contributed by atoms with E-state index < -0.39 is 5.41 Å². The first kappa shape index (κ1) is 35.7. The van der Waals surface area contributed by atoms with Crippen molar-refractivity contribution in [3.05, 3.63) is 208 Å². The fourth-order valence-corrected chi connectivity index (χ4v) is 9.05. The fourth-order valence-electron chi connectivity index (χ4n) is 9.05. The molecule has 0 bridgehead atoms. The molecule has 0 amide bonds. The summed E-state index contributed by atoms with van der Waals surface area (Å²) in [6.07, 6.45) is 21.4. The van der Waals surface area contributed by atoms with Crippen LogP contribution in [0.1, 0.15) is 88.6 Å². The van der Waals surface area contributed by atoms with Gasteiger partial charge in [-0.3, -0.25) is 0 Å². The van der Waals surface area contributed by atoms with Crippen LogP contribution >= 0.6 is 0 Å². The third kappa shape index (κ3) is 5.62. The van der Waals surface area contributed by atoms with Crippen molar-refractivity contribution in [3.8, 4) is 5.69 Å². The predicted molar refractivity (Wildman–Crippen MR) is 232 cm³/mol. The summed E-state index contributed by atoms with van der Waals surface area (Å²) in [5.74, 6) is 0.359. The van der Waals surface area contributed by atoms with Crippen molar-refractivity contribution in [2.75, 3.05) is 0 Å². The lowest BCUT2D eigenvalue weighted by molar-refractivity contribution is 0.784. The molecule has 1 heteroatoms. The lowest BCUT2D eigenvalue weighted by atomic mass is 9.69. The molecule has 0 N–H and O–H groups in total. The van der Waals surface area contributed by atoms with Crippen LogP contribution in [0.2, 0.25) is 0 Å². The van der Waals surface area contributed by atoms with Crippen molar-refractivity contribution in [1.82, 2.24) is 4.57 Å². The van der Waals surface area contributed by atoms with Crippen molar-refractivity contribution in [2.45, 2.75) is 66.2 Å². The molecule has 2 atom stereocenters. The topological polar surface area (TPSA) is 4.93 Å². The molecule has 0 fully saturated rings. The van der Waals surface area contributed by atoms with E-state index in [1.165, 1.54) is 94.3 Å². The van der Waals surface area contributed by atoms with Crippen molar-refractivity contribution in [2.24, 2.45) is 0 Å². The summed E-state index contributed by atoms with van der Waals surface area (Å²) in [7, 11) is 0. The van der Waals surface area contributed by atoms with E-state index in [-0.39, 0.29) is 0 Å². The fraction of sp³-hybridized carbons (Fsp3) is 0.192. The van der Waals surface area contributed by atoms with E-state index in [1.54, 1.807) is 0 Å². The predicted octanol–water partition coefficient (Wildman–Crippen LogP) is 14.5. The Kier molecular flexibility index (Phi) is 9.71.